The van der Waals surface area contributed by atoms with Crippen molar-refractivity contribution in [2.24, 2.45) is 29.6 Å². The van der Waals surface area contributed by atoms with Crippen molar-refractivity contribution in [1.82, 2.24) is 0 Å². The lowest BCUT2D eigenvalue weighted by molar-refractivity contribution is -0.148. The molecule has 0 aromatic heterocycles. The molecule has 2 aliphatic rings. The Bertz CT molecular complexity index is 920. The number of hydrogen-bond donors (Lipinski definition) is 0. The highest BCUT2D eigenvalue weighted by molar-refractivity contribution is 5.87. The average Bonchev–Trinajstić information content (AvgIpc) is 2.98. The fraction of sp³-hybridized carbons (Fsp3) is 0.667. The van der Waals surface area contributed by atoms with E-state index < -0.39 is 5.97 Å². The summed E-state index contributed by atoms with van der Waals surface area (Å²) in [5.74, 6) is 2.29. The van der Waals surface area contributed by atoms with E-state index in [1.807, 2.05) is 26.0 Å². The van der Waals surface area contributed by atoms with Gasteiger partial charge in [-0.25, -0.2) is 4.79 Å². The molecule has 0 heterocycles. The van der Waals surface area contributed by atoms with Gasteiger partial charge in [0, 0.05) is 6.08 Å². The maximum absolute atomic E-state index is 12.8. The van der Waals surface area contributed by atoms with Crippen LogP contribution < -0.4 is 4.74 Å². The first-order valence-corrected chi connectivity index (χ1v) is 15.2. The third kappa shape index (κ3) is 10.5. The Morgan fingerprint density at radius 2 is 1.44 bits per heavy atom. The van der Waals surface area contributed by atoms with Crippen LogP contribution in [0.25, 0.3) is 6.08 Å². The van der Waals surface area contributed by atoms with E-state index in [2.05, 4.69) is 6.92 Å². The molecule has 216 valence electrons. The van der Waals surface area contributed by atoms with Crippen LogP contribution in [0.3, 0.4) is 0 Å². The van der Waals surface area contributed by atoms with E-state index in [0.29, 0.717) is 25.2 Å². The van der Waals surface area contributed by atoms with Gasteiger partial charge in [-0.2, -0.15) is 0 Å². The minimum absolute atomic E-state index is 0.00507. The van der Waals surface area contributed by atoms with Crippen LogP contribution in [0.4, 0.5) is 0 Å². The first kappa shape index (κ1) is 30.9. The number of rotatable bonds is 13. The Balaban J connectivity index is 1.30. The van der Waals surface area contributed by atoms with Gasteiger partial charge in [-0.15, -0.1) is 0 Å². The zero-order valence-electron chi connectivity index (χ0n) is 24.2. The third-order valence-electron chi connectivity index (χ3n) is 8.79. The van der Waals surface area contributed by atoms with Crippen LogP contribution in [0.15, 0.2) is 30.3 Å². The summed E-state index contributed by atoms with van der Waals surface area (Å²) >= 11 is 0. The lowest BCUT2D eigenvalue weighted by atomic mass is 9.69. The molecule has 1 aromatic rings. The van der Waals surface area contributed by atoms with Crippen molar-refractivity contribution in [2.45, 2.75) is 97.8 Å². The molecule has 2 fully saturated rings. The second kappa shape index (κ2) is 16.5. The van der Waals surface area contributed by atoms with Gasteiger partial charge in [0.15, 0.2) is 0 Å². The lowest BCUT2D eigenvalue weighted by Gasteiger charge is -2.37. The predicted octanol–water partition coefficient (Wildman–Crippen LogP) is 7.54. The summed E-state index contributed by atoms with van der Waals surface area (Å²) in [6.45, 7) is 6.73. The zero-order chi connectivity index (χ0) is 28.0. The van der Waals surface area contributed by atoms with Gasteiger partial charge in [-0.3, -0.25) is 9.59 Å². The Kier molecular flexibility index (Phi) is 13.1. The quantitative estimate of drug-likeness (QED) is 0.111. The molecule has 0 saturated heterocycles. The summed E-state index contributed by atoms with van der Waals surface area (Å²) in [4.78, 5) is 36.3. The predicted molar refractivity (Wildman–Crippen MR) is 153 cm³/mol. The highest BCUT2D eigenvalue weighted by atomic mass is 16.5. The Morgan fingerprint density at radius 3 is 2.03 bits per heavy atom. The third-order valence-corrected chi connectivity index (χ3v) is 8.79. The van der Waals surface area contributed by atoms with Crippen LogP contribution in [0.5, 0.6) is 5.75 Å². The number of carbonyl (C=O) groups excluding carboxylic acids is 3. The SMILES string of the molecule is CCC1CCC(C2CCC(C(=O)Oc3ccc(/C=C/C(=O)OCCCCOC(=O)C(C)CC)cc3)CC2)CC1. The number of unbranched alkanes of at least 4 members (excludes halogenated alkanes) is 1. The van der Waals surface area contributed by atoms with E-state index >= 15 is 0 Å². The maximum Gasteiger partial charge on any atom is 0.330 e. The van der Waals surface area contributed by atoms with E-state index in [0.717, 1.165) is 55.4 Å². The van der Waals surface area contributed by atoms with Crippen molar-refractivity contribution in [2.75, 3.05) is 13.2 Å². The average molecular weight is 541 g/mol. The van der Waals surface area contributed by atoms with Crippen molar-refractivity contribution in [3.05, 3.63) is 35.9 Å². The molecule has 1 unspecified atom stereocenters. The molecule has 2 aliphatic carbocycles. The van der Waals surface area contributed by atoms with Crippen LogP contribution in [0.1, 0.15) is 103 Å². The lowest BCUT2D eigenvalue weighted by Crippen LogP contribution is -2.30. The Morgan fingerprint density at radius 1 is 0.846 bits per heavy atom. The zero-order valence-corrected chi connectivity index (χ0v) is 24.2. The van der Waals surface area contributed by atoms with E-state index in [1.54, 1.807) is 18.2 Å². The molecule has 0 amide bonds. The Labute approximate surface area is 234 Å². The summed E-state index contributed by atoms with van der Waals surface area (Å²) in [6, 6.07) is 7.17. The summed E-state index contributed by atoms with van der Waals surface area (Å²) < 4.78 is 16.1. The molecule has 3 rings (SSSR count). The van der Waals surface area contributed by atoms with Gasteiger partial charge in [-0.1, -0.05) is 52.2 Å². The first-order chi connectivity index (χ1) is 18.9. The molecule has 1 atom stereocenters. The van der Waals surface area contributed by atoms with Crippen LogP contribution in [0.2, 0.25) is 0 Å². The molecule has 2 saturated carbocycles. The number of carbonyl (C=O) groups is 3. The fourth-order valence-corrected chi connectivity index (χ4v) is 5.81. The first-order valence-electron chi connectivity index (χ1n) is 15.2. The summed E-state index contributed by atoms with van der Waals surface area (Å²) in [5.41, 5.74) is 0.821. The summed E-state index contributed by atoms with van der Waals surface area (Å²) in [5, 5.41) is 0. The van der Waals surface area contributed by atoms with Crippen LogP contribution in [-0.4, -0.2) is 31.1 Å². The van der Waals surface area contributed by atoms with E-state index in [-0.39, 0.29) is 30.4 Å². The van der Waals surface area contributed by atoms with E-state index in [1.165, 1.54) is 38.2 Å². The molecule has 6 heteroatoms. The normalized spacial score (nSPS) is 24.2. The topological polar surface area (TPSA) is 78.9 Å². The largest absolute Gasteiger partial charge is 0.465 e. The Hall–Kier alpha value is -2.63. The van der Waals surface area contributed by atoms with Gasteiger partial charge in [-0.05, 0) is 99.3 Å². The second-order valence-corrected chi connectivity index (χ2v) is 11.5. The highest BCUT2D eigenvalue weighted by Crippen LogP contribution is 2.42. The van der Waals surface area contributed by atoms with Crippen molar-refractivity contribution in [3.8, 4) is 5.75 Å². The fourth-order valence-electron chi connectivity index (χ4n) is 5.81. The second-order valence-electron chi connectivity index (χ2n) is 11.5. The maximum atomic E-state index is 12.8. The summed E-state index contributed by atoms with van der Waals surface area (Å²) in [7, 11) is 0. The smallest absolute Gasteiger partial charge is 0.330 e. The molecule has 0 aliphatic heterocycles. The van der Waals surface area contributed by atoms with Crippen LogP contribution in [0, 0.1) is 29.6 Å². The molecule has 0 N–H and O–H groups in total. The number of hydrogen-bond acceptors (Lipinski definition) is 6. The van der Waals surface area contributed by atoms with Gasteiger partial charge < -0.3 is 14.2 Å². The number of ether oxygens (including phenoxy) is 3. The van der Waals surface area contributed by atoms with E-state index in [4.69, 9.17) is 14.2 Å². The monoisotopic (exact) mass is 540 g/mol. The molecule has 0 spiro atoms. The standard InChI is InChI=1S/C33H48O6/c1-4-24(3)32(35)38-23-7-6-22-37-31(34)21-12-26-10-19-30(20-11-26)39-33(36)29-17-15-28(16-18-29)27-13-8-25(5-2)9-14-27/h10-12,19-21,24-25,27-29H,4-9,13-18,22-23H2,1-3H3/b21-12+. The molecular formula is C33H48O6. The summed E-state index contributed by atoms with van der Waals surface area (Å²) in [6.07, 6.45) is 16.1. The van der Waals surface area contributed by atoms with Gasteiger partial charge >= 0.3 is 17.9 Å². The van der Waals surface area contributed by atoms with Gasteiger partial charge in [0.1, 0.15) is 5.75 Å². The number of esters is 3. The van der Waals surface area contributed by atoms with Crippen molar-refractivity contribution < 1.29 is 28.6 Å². The number of benzene rings is 1. The van der Waals surface area contributed by atoms with Crippen molar-refractivity contribution in [1.29, 1.82) is 0 Å². The molecular weight excluding hydrogens is 492 g/mol. The minimum Gasteiger partial charge on any atom is -0.465 e. The van der Waals surface area contributed by atoms with Crippen LogP contribution in [-0.2, 0) is 23.9 Å². The van der Waals surface area contributed by atoms with Gasteiger partial charge in [0.25, 0.3) is 0 Å². The molecule has 0 bridgehead atoms. The molecule has 0 radical (unpaired) electrons. The minimum atomic E-state index is -0.420. The molecule has 39 heavy (non-hydrogen) atoms. The van der Waals surface area contributed by atoms with Gasteiger partial charge in [0.2, 0.25) is 0 Å². The van der Waals surface area contributed by atoms with Crippen molar-refractivity contribution in [3.63, 3.8) is 0 Å². The molecule has 6 nitrogen and oxygen atoms in total. The van der Waals surface area contributed by atoms with Gasteiger partial charge in [0.05, 0.1) is 25.0 Å². The molecule has 1 aromatic carbocycles. The van der Waals surface area contributed by atoms with Crippen molar-refractivity contribution >= 4 is 24.0 Å². The highest BCUT2D eigenvalue weighted by Gasteiger charge is 2.33. The van der Waals surface area contributed by atoms with Crippen LogP contribution >= 0.6 is 0 Å². The van der Waals surface area contributed by atoms with E-state index in [9.17, 15) is 14.4 Å².